The highest BCUT2D eigenvalue weighted by Crippen LogP contribution is 2.23. The molecule has 16 heavy (non-hydrogen) atoms. The molecule has 2 heteroatoms. The fraction of sp³-hybridized carbons (Fsp3) is 0.786. The normalized spacial score (nSPS) is 13.2. The summed E-state index contributed by atoms with van der Waals surface area (Å²) in [6.45, 7) is 9.88. The number of aliphatic hydroxyl groups excluding tert-OH is 1. The molecule has 0 radical (unpaired) electrons. The van der Waals surface area contributed by atoms with Crippen LogP contribution >= 0.6 is 0 Å². The molecule has 2 nitrogen and oxygen atoms in total. The van der Waals surface area contributed by atoms with Crippen LogP contribution in [0.1, 0.15) is 60.3 Å². The van der Waals surface area contributed by atoms with Crippen LogP contribution in [0, 0.1) is 11.8 Å². The lowest BCUT2D eigenvalue weighted by Crippen LogP contribution is -2.17. The standard InChI is InChI=1S/C14H26O2/c1-6-11(7-2)13(15)10(5)14(16)12(8-3)9-4/h11-12,15H,6-9H2,1-5H3/b13-10-. The van der Waals surface area contributed by atoms with Crippen molar-refractivity contribution in [3.8, 4) is 0 Å². The molecular formula is C14H26O2. The average molecular weight is 226 g/mol. The second kappa shape index (κ2) is 7.48. The van der Waals surface area contributed by atoms with E-state index in [9.17, 15) is 9.90 Å². The maximum atomic E-state index is 12.1. The summed E-state index contributed by atoms with van der Waals surface area (Å²) in [6.07, 6.45) is 3.47. The molecule has 0 aromatic rings. The molecule has 1 N–H and O–H groups in total. The summed E-state index contributed by atoms with van der Waals surface area (Å²) >= 11 is 0. The number of ketones is 1. The molecule has 0 bridgehead atoms. The van der Waals surface area contributed by atoms with Gasteiger partial charge in [0.2, 0.25) is 0 Å². The van der Waals surface area contributed by atoms with Crippen molar-refractivity contribution in [2.45, 2.75) is 60.3 Å². The minimum absolute atomic E-state index is 0.0662. The Morgan fingerprint density at radius 2 is 1.31 bits per heavy atom. The van der Waals surface area contributed by atoms with Gasteiger partial charge in [-0.15, -0.1) is 0 Å². The van der Waals surface area contributed by atoms with E-state index in [0.29, 0.717) is 11.3 Å². The number of hydrogen-bond acceptors (Lipinski definition) is 2. The van der Waals surface area contributed by atoms with E-state index in [1.165, 1.54) is 0 Å². The second-order valence-corrected chi connectivity index (χ2v) is 4.40. The summed E-state index contributed by atoms with van der Waals surface area (Å²) in [4.78, 5) is 12.1. The number of carbonyl (C=O) groups is 1. The van der Waals surface area contributed by atoms with Crippen molar-refractivity contribution in [2.24, 2.45) is 11.8 Å². The van der Waals surface area contributed by atoms with Crippen LogP contribution in [0.3, 0.4) is 0 Å². The summed E-state index contributed by atoms with van der Waals surface area (Å²) in [5.41, 5.74) is 0.572. The number of rotatable bonds is 7. The zero-order valence-electron chi connectivity index (χ0n) is 11.3. The Kier molecular flexibility index (Phi) is 7.11. The molecule has 0 saturated heterocycles. The van der Waals surface area contributed by atoms with Gasteiger partial charge >= 0.3 is 0 Å². The van der Waals surface area contributed by atoms with E-state index in [1.54, 1.807) is 6.92 Å². The number of allylic oxidation sites excluding steroid dienone is 2. The highest BCUT2D eigenvalue weighted by Gasteiger charge is 2.21. The topological polar surface area (TPSA) is 37.3 Å². The summed E-state index contributed by atoms with van der Waals surface area (Å²) in [5, 5.41) is 10.0. The smallest absolute Gasteiger partial charge is 0.164 e. The van der Waals surface area contributed by atoms with Gasteiger partial charge in [0.15, 0.2) is 5.78 Å². The molecule has 0 aliphatic carbocycles. The van der Waals surface area contributed by atoms with Crippen molar-refractivity contribution < 1.29 is 9.90 Å². The molecule has 94 valence electrons. The molecule has 0 atom stereocenters. The summed E-state index contributed by atoms with van der Waals surface area (Å²) in [6, 6.07) is 0. The first-order chi connectivity index (χ1) is 7.53. The Labute approximate surface area is 99.7 Å². The molecular weight excluding hydrogens is 200 g/mol. The lowest BCUT2D eigenvalue weighted by Gasteiger charge is -2.17. The van der Waals surface area contributed by atoms with Gasteiger partial charge in [-0.25, -0.2) is 0 Å². The third-order valence-electron chi connectivity index (χ3n) is 3.48. The van der Waals surface area contributed by atoms with Gasteiger partial charge in [0.25, 0.3) is 0 Å². The average Bonchev–Trinajstić information content (AvgIpc) is 2.30. The van der Waals surface area contributed by atoms with Crippen molar-refractivity contribution in [2.75, 3.05) is 0 Å². The molecule has 0 unspecified atom stereocenters. The highest BCUT2D eigenvalue weighted by molar-refractivity contribution is 5.96. The van der Waals surface area contributed by atoms with Crippen LogP contribution in [0.15, 0.2) is 11.3 Å². The predicted molar refractivity (Wildman–Crippen MR) is 68.5 cm³/mol. The van der Waals surface area contributed by atoms with E-state index in [2.05, 4.69) is 0 Å². The van der Waals surface area contributed by atoms with Gasteiger partial charge in [-0.05, 0) is 32.6 Å². The summed E-state index contributed by atoms with van der Waals surface area (Å²) < 4.78 is 0. The van der Waals surface area contributed by atoms with Gasteiger partial charge in [0.05, 0.1) is 0 Å². The quantitative estimate of drug-likeness (QED) is 0.520. The minimum atomic E-state index is 0.0662. The second-order valence-electron chi connectivity index (χ2n) is 4.40. The number of aliphatic hydroxyl groups is 1. The maximum Gasteiger partial charge on any atom is 0.164 e. The van der Waals surface area contributed by atoms with Crippen molar-refractivity contribution >= 4 is 5.78 Å². The number of carbonyl (C=O) groups excluding carboxylic acids is 1. The first kappa shape index (κ1) is 15.2. The largest absolute Gasteiger partial charge is 0.512 e. The maximum absolute atomic E-state index is 12.1. The monoisotopic (exact) mass is 226 g/mol. The van der Waals surface area contributed by atoms with Crippen LogP contribution in [0.25, 0.3) is 0 Å². The van der Waals surface area contributed by atoms with Crippen LogP contribution < -0.4 is 0 Å². The van der Waals surface area contributed by atoms with Crippen molar-refractivity contribution in [1.82, 2.24) is 0 Å². The molecule has 0 aromatic heterocycles. The van der Waals surface area contributed by atoms with Crippen LogP contribution in [0.5, 0.6) is 0 Å². The van der Waals surface area contributed by atoms with E-state index in [-0.39, 0.29) is 17.6 Å². The number of hydrogen-bond donors (Lipinski definition) is 1. The fourth-order valence-electron chi connectivity index (χ4n) is 2.07. The Balaban J connectivity index is 4.92. The molecule has 0 amide bonds. The molecule has 0 fully saturated rings. The minimum Gasteiger partial charge on any atom is -0.512 e. The van der Waals surface area contributed by atoms with E-state index in [1.807, 2.05) is 27.7 Å². The molecule has 0 aliphatic rings. The van der Waals surface area contributed by atoms with E-state index in [4.69, 9.17) is 0 Å². The summed E-state index contributed by atoms with van der Waals surface area (Å²) in [7, 11) is 0. The molecule has 0 aliphatic heterocycles. The first-order valence-electron chi connectivity index (χ1n) is 6.47. The Hall–Kier alpha value is -0.790. The van der Waals surface area contributed by atoms with Gasteiger partial charge in [-0.2, -0.15) is 0 Å². The molecule has 0 heterocycles. The van der Waals surface area contributed by atoms with Gasteiger partial charge < -0.3 is 5.11 Å². The van der Waals surface area contributed by atoms with Crippen molar-refractivity contribution in [3.63, 3.8) is 0 Å². The van der Waals surface area contributed by atoms with Gasteiger partial charge in [-0.1, -0.05) is 27.7 Å². The lowest BCUT2D eigenvalue weighted by atomic mass is 9.89. The van der Waals surface area contributed by atoms with Gasteiger partial charge in [-0.3, -0.25) is 4.79 Å². The van der Waals surface area contributed by atoms with Gasteiger partial charge in [0.1, 0.15) is 5.76 Å². The fourth-order valence-corrected chi connectivity index (χ4v) is 2.07. The van der Waals surface area contributed by atoms with Crippen molar-refractivity contribution in [3.05, 3.63) is 11.3 Å². The zero-order chi connectivity index (χ0) is 12.7. The predicted octanol–water partition coefficient (Wildman–Crippen LogP) is 4.26. The van der Waals surface area contributed by atoms with E-state index in [0.717, 1.165) is 25.7 Å². The highest BCUT2D eigenvalue weighted by atomic mass is 16.3. The number of Topliss-reactive ketones (excluding diaryl/α,β-unsaturated/α-hetero) is 1. The first-order valence-corrected chi connectivity index (χ1v) is 6.47. The van der Waals surface area contributed by atoms with Crippen molar-refractivity contribution in [1.29, 1.82) is 0 Å². The lowest BCUT2D eigenvalue weighted by molar-refractivity contribution is -0.119. The van der Waals surface area contributed by atoms with Crippen LogP contribution in [0.2, 0.25) is 0 Å². The third kappa shape index (κ3) is 3.66. The molecule has 0 spiro atoms. The van der Waals surface area contributed by atoms with Gasteiger partial charge in [0, 0.05) is 17.4 Å². The molecule has 0 rings (SSSR count). The molecule has 0 saturated carbocycles. The summed E-state index contributed by atoms with van der Waals surface area (Å²) in [5.74, 6) is 0.631. The Bertz CT molecular complexity index is 245. The van der Waals surface area contributed by atoms with E-state index >= 15 is 0 Å². The molecule has 0 aromatic carbocycles. The van der Waals surface area contributed by atoms with Crippen LogP contribution in [0.4, 0.5) is 0 Å². The van der Waals surface area contributed by atoms with E-state index < -0.39 is 0 Å². The Morgan fingerprint density at radius 3 is 1.62 bits per heavy atom. The third-order valence-corrected chi connectivity index (χ3v) is 3.48. The van der Waals surface area contributed by atoms with Crippen LogP contribution in [-0.4, -0.2) is 10.9 Å². The van der Waals surface area contributed by atoms with Crippen LogP contribution in [-0.2, 0) is 4.79 Å². The zero-order valence-corrected chi connectivity index (χ0v) is 11.3. The Morgan fingerprint density at radius 1 is 0.938 bits per heavy atom. The SMILES string of the molecule is CCC(CC)C(=O)/C(C)=C(\O)C(CC)CC.